The minimum absolute atomic E-state index is 0.0850. The second-order valence-electron chi connectivity index (χ2n) is 6.95. The van der Waals surface area contributed by atoms with E-state index in [1.54, 1.807) is 0 Å². The predicted octanol–water partition coefficient (Wildman–Crippen LogP) is 4.75. The zero-order valence-electron chi connectivity index (χ0n) is 16.2. The Labute approximate surface area is 165 Å². The lowest BCUT2D eigenvalue weighted by Gasteiger charge is -2.20. The maximum Gasteiger partial charge on any atom is 0.306 e. The molecule has 2 atom stereocenters. The lowest BCUT2D eigenvalue weighted by molar-refractivity contribution is -0.141. The smallest absolute Gasteiger partial charge is 0.306 e. The summed E-state index contributed by atoms with van der Waals surface area (Å²) in [4.78, 5) is 24.6. The first kappa shape index (κ1) is 19.6. The number of benzene rings is 3. The average molecular weight is 375 g/mol. The minimum Gasteiger partial charge on any atom is -0.469 e. The van der Waals surface area contributed by atoms with Crippen LogP contribution in [0.1, 0.15) is 42.9 Å². The second kappa shape index (κ2) is 9.18. The molecule has 0 spiro atoms. The molecule has 0 saturated carbocycles. The van der Waals surface area contributed by atoms with Gasteiger partial charge in [-0.25, -0.2) is 0 Å². The zero-order valence-corrected chi connectivity index (χ0v) is 16.2. The van der Waals surface area contributed by atoms with Crippen LogP contribution in [0.25, 0.3) is 10.8 Å². The molecule has 0 unspecified atom stereocenters. The number of fused-ring (bicyclic) bond motifs is 1. The summed E-state index contributed by atoms with van der Waals surface area (Å²) in [5, 5.41) is 5.37. The Hall–Kier alpha value is -3.14. The molecule has 0 aliphatic carbocycles. The van der Waals surface area contributed by atoms with Crippen molar-refractivity contribution in [3.63, 3.8) is 0 Å². The van der Waals surface area contributed by atoms with Gasteiger partial charge in [-0.3, -0.25) is 9.59 Å². The van der Waals surface area contributed by atoms with E-state index in [0.717, 1.165) is 21.9 Å². The minimum atomic E-state index is -0.316. The van der Waals surface area contributed by atoms with Crippen LogP contribution in [0.5, 0.6) is 0 Å². The fourth-order valence-electron chi connectivity index (χ4n) is 3.55. The molecule has 1 amide bonds. The van der Waals surface area contributed by atoms with Crippen molar-refractivity contribution >= 4 is 22.6 Å². The van der Waals surface area contributed by atoms with Crippen molar-refractivity contribution in [2.75, 3.05) is 7.11 Å². The summed E-state index contributed by atoms with van der Waals surface area (Å²) in [7, 11) is 1.37. The number of carbonyl (C=O) groups is 2. The summed E-state index contributed by atoms with van der Waals surface area (Å²) in [5.41, 5.74) is 2.04. The van der Waals surface area contributed by atoms with Crippen LogP contribution in [0.4, 0.5) is 0 Å². The number of nitrogens with one attached hydrogen (secondary N) is 1. The average Bonchev–Trinajstić information content (AvgIpc) is 2.73. The maximum absolute atomic E-state index is 12.8. The van der Waals surface area contributed by atoms with Crippen LogP contribution >= 0.6 is 0 Å². The molecular formula is C24H25NO3. The van der Waals surface area contributed by atoms with Gasteiger partial charge >= 0.3 is 5.97 Å². The van der Waals surface area contributed by atoms with Gasteiger partial charge in [0.05, 0.1) is 19.6 Å². The Balaban J connectivity index is 1.74. The van der Waals surface area contributed by atoms with Gasteiger partial charge in [0.25, 0.3) is 0 Å². The van der Waals surface area contributed by atoms with Crippen molar-refractivity contribution in [3.8, 4) is 0 Å². The molecule has 4 nitrogen and oxygen atoms in total. The summed E-state index contributed by atoms with van der Waals surface area (Å²) >= 11 is 0. The van der Waals surface area contributed by atoms with Gasteiger partial charge in [0.2, 0.25) is 5.91 Å². The van der Waals surface area contributed by atoms with Crippen LogP contribution < -0.4 is 5.32 Å². The lowest BCUT2D eigenvalue weighted by atomic mass is 9.92. The normalized spacial score (nSPS) is 12.9. The highest BCUT2D eigenvalue weighted by Gasteiger charge is 2.21. The molecule has 0 bridgehead atoms. The van der Waals surface area contributed by atoms with Gasteiger partial charge in [0, 0.05) is 12.3 Å². The molecular weight excluding hydrogens is 350 g/mol. The van der Waals surface area contributed by atoms with Gasteiger partial charge in [-0.05, 0) is 28.8 Å². The lowest BCUT2D eigenvalue weighted by Crippen LogP contribution is -2.28. The number of methoxy groups -OCH3 is 1. The van der Waals surface area contributed by atoms with Crippen LogP contribution in [0, 0.1) is 0 Å². The first-order chi connectivity index (χ1) is 13.6. The van der Waals surface area contributed by atoms with E-state index in [2.05, 4.69) is 23.5 Å². The summed E-state index contributed by atoms with van der Waals surface area (Å²) in [5.74, 6) is -0.615. The number of rotatable bonds is 7. The molecule has 0 fully saturated rings. The Bertz CT molecular complexity index is 947. The van der Waals surface area contributed by atoms with Crippen molar-refractivity contribution in [1.82, 2.24) is 5.32 Å². The molecule has 3 rings (SSSR count). The molecule has 0 aliphatic heterocycles. The fourth-order valence-corrected chi connectivity index (χ4v) is 3.55. The molecule has 1 N–H and O–H groups in total. The third-order valence-corrected chi connectivity index (χ3v) is 5.01. The van der Waals surface area contributed by atoms with Crippen molar-refractivity contribution in [1.29, 1.82) is 0 Å². The van der Waals surface area contributed by atoms with Crippen molar-refractivity contribution in [2.45, 2.75) is 31.7 Å². The predicted molar refractivity (Wildman–Crippen MR) is 111 cm³/mol. The van der Waals surface area contributed by atoms with E-state index in [9.17, 15) is 9.59 Å². The first-order valence-corrected chi connectivity index (χ1v) is 9.47. The van der Waals surface area contributed by atoms with E-state index in [4.69, 9.17) is 4.74 Å². The van der Waals surface area contributed by atoms with E-state index in [1.807, 2.05) is 61.5 Å². The van der Waals surface area contributed by atoms with Crippen LogP contribution in [0.15, 0.2) is 72.8 Å². The molecule has 3 aromatic carbocycles. The van der Waals surface area contributed by atoms with Gasteiger partial charge in [0.15, 0.2) is 0 Å². The number of amides is 1. The molecule has 0 aromatic heterocycles. The molecule has 0 heterocycles. The maximum atomic E-state index is 12.8. The monoisotopic (exact) mass is 375 g/mol. The summed E-state index contributed by atoms with van der Waals surface area (Å²) in [6, 6.07) is 23.7. The molecule has 0 radical (unpaired) electrons. The van der Waals surface area contributed by atoms with Crippen LogP contribution in [0.3, 0.4) is 0 Å². The standard InChI is InChI=1S/C24H25NO3/c1-17(21-14-8-12-19-11-6-7-13-22(19)21)25-23(26)15-20(16-24(27)28-2)18-9-4-3-5-10-18/h3-14,17,20H,15-16H2,1-2H3,(H,25,26)/t17-,20+/m1/s1. The summed E-state index contributed by atoms with van der Waals surface area (Å²) in [6.07, 6.45) is 0.408. The molecule has 4 heteroatoms. The molecule has 144 valence electrons. The fraction of sp³-hybridized carbons (Fsp3) is 0.250. The van der Waals surface area contributed by atoms with E-state index >= 15 is 0 Å². The third-order valence-electron chi connectivity index (χ3n) is 5.01. The van der Waals surface area contributed by atoms with E-state index in [0.29, 0.717) is 0 Å². The molecule has 0 saturated heterocycles. The quantitative estimate of drug-likeness (QED) is 0.606. The Morgan fingerprint density at radius 2 is 1.57 bits per heavy atom. The SMILES string of the molecule is COC(=O)C[C@H](CC(=O)N[C@H](C)c1cccc2ccccc12)c1ccccc1. The number of carbonyl (C=O) groups excluding carboxylic acids is 2. The molecule has 0 aliphatic rings. The summed E-state index contributed by atoms with van der Waals surface area (Å²) < 4.78 is 4.81. The van der Waals surface area contributed by atoms with Crippen molar-refractivity contribution in [2.24, 2.45) is 0 Å². The largest absolute Gasteiger partial charge is 0.469 e. The topological polar surface area (TPSA) is 55.4 Å². The van der Waals surface area contributed by atoms with Gasteiger partial charge < -0.3 is 10.1 Å². The van der Waals surface area contributed by atoms with Gasteiger partial charge in [0.1, 0.15) is 0 Å². The van der Waals surface area contributed by atoms with E-state index < -0.39 is 0 Å². The second-order valence-corrected chi connectivity index (χ2v) is 6.95. The highest BCUT2D eigenvalue weighted by Crippen LogP contribution is 2.26. The van der Waals surface area contributed by atoms with Crippen LogP contribution in [-0.4, -0.2) is 19.0 Å². The molecule has 3 aromatic rings. The number of ether oxygens (including phenoxy) is 1. The Kier molecular flexibility index (Phi) is 6.43. The molecule has 28 heavy (non-hydrogen) atoms. The number of hydrogen-bond donors (Lipinski definition) is 1. The van der Waals surface area contributed by atoms with Crippen molar-refractivity contribution in [3.05, 3.63) is 83.9 Å². The first-order valence-electron chi connectivity index (χ1n) is 9.47. The van der Waals surface area contributed by atoms with Gasteiger partial charge in [-0.1, -0.05) is 72.8 Å². The third kappa shape index (κ3) is 4.77. The number of hydrogen-bond acceptors (Lipinski definition) is 3. The van der Waals surface area contributed by atoms with Crippen LogP contribution in [-0.2, 0) is 14.3 Å². The van der Waals surface area contributed by atoms with Crippen molar-refractivity contribution < 1.29 is 14.3 Å². The van der Waals surface area contributed by atoms with E-state index in [-0.39, 0.29) is 36.7 Å². The van der Waals surface area contributed by atoms with Crippen LogP contribution in [0.2, 0.25) is 0 Å². The van der Waals surface area contributed by atoms with E-state index in [1.165, 1.54) is 7.11 Å². The zero-order chi connectivity index (χ0) is 19.9. The Morgan fingerprint density at radius 1 is 0.893 bits per heavy atom. The highest BCUT2D eigenvalue weighted by molar-refractivity contribution is 5.87. The summed E-state index contributed by atoms with van der Waals surface area (Å²) in [6.45, 7) is 1.98. The van der Waals surface area contributed by atoms with Gasteiger partial charge in [-0.2, -0.15) is 0 Å². The highest BCUT2D eigenvalue weighted by atomic mass is 16.5. The van der Waals surface area contributed by atoms with Gasteiger partial charge in [-0.15, -0.1) is 0 Å². The number of esters is 1. The Morgan fingerprint density at radius 3 is 2.32 bits per heavy atom.